The molecular formula is C11H15N3O6. The van der Waals surface area contributed by atoms with Gasteiger partial charge in [0, 0.05) is 13.0 Å². The number of amides is 1. The fourth-order valence-corrected chi connectivity index (χ4v) is 2.30. The minimum Gasteiger partial charge on any atom is -0.480 e. The molecule has 3 atom stereocenters. The number of nitrogens with zero attached hydrogens (tertiary/aromatic N) is 2. The molecule has 1 fully saturated rings. The highest BCUT2D eigenvalue weighted by molar-refractivity contribution is 6.37. The summed E-state index contributed by atoms with van der Waals surface area (Å²) in [5, 5.41) is 21.1. The van der Waals surface area contributed by atoms with Gasteiger partial charge in [0.25, 0.3) is 0 Å². The first-order valence-corrected chi connectivity index (χ1v) is 6.13. The average Bonchev–Trinajstić information content (AvgIpc) is 2.94. The molecule has 20 heavy (non-hydrogen) atoms. The van der Waals surface area contributed by atoms with E-state index in [1.165, 1.54) is 4.90 Å². The van der Waals surface area contributed by atoms with Gasteiger partial charge >= 0.3 is 11.9 Å². The van der Waals surface area contributed by atoms with E-state index < -0.39 is 30.0 Å². The van der Waals surface area contributed by atoms with Crippen molar-refractivity contribution in [3.05, 3.63) is 0 Å². The molecule has 0 saturated carbocycles. The van der Waals surface area contributed by atoms with Crippen LogP contribution in [0.25, 0.3) is 0 Å². The van der Waals surface area contributed by atoms with Gasteiger partial charge in [-0.1, -0.05) is 5.16 Å². The van der Waals surface area contributed by atoms with Gasteiger partial charge < -0.3 is 25.7 Å². The van der Waals surface area contributed by atoms with Crippen LogP contribution in [0.15, 0.2) is 5.16 Å². The molecular weight excluding hydrogens is 270 g/mol. The molecule has 2 rings (SSSR count). The monoisotopic (exact) mass is 285 g/mol. The van der Waals surface area contributed by atoms with Crippen molar-refractivity contribution in [1.29, 1.82) is 0 Å². The summed E-state index contributed by atoms with van der Waals surface area (Å²) in [5.74, 6) is -2.99. The summed E-state index contributed by atoms with van der Waals surface area (Å²) < 4.78 is 0. The van der Waals surface area contributed by atoms with Gasteiger partial charge in [0.1, 0.15) is 6.04 Å². The number of fused-ring (bicyclic) bond motifs is 1. The Bertz CT molecular complexity index is 477. The molecule has 0 unspecified atom stereocenters. The van der Waals surface area contributed by atoms with Gasteiger partial charge in [-0.25, -0.2) is 4.79 Å². The highest BCUT2D eigenvalue weighted by Gasteiger charge is 2.46. The average molecular weight is 285 g/mol. The van der Waals surface area contributed by atoms with Crippen molar-refractivity contribution in [3.8, 4) is 0 Å². The first-order chi connectivity index (χ1) is 9.40. The zero-order valence-electron chi connectivity index (χ0n) is 10.6. The fourth-order valence-electron chi connectivity index (χ4n) is 2.30. The zero-order valence-corrected chi connectivity index (χ0v) is 10.6. The Labute approximate surface area is 114 Å². The molecule has 0 aromatic rings. The van der Waals surface area contributed by atoms with E-state index in [-0.39, 0.29) is 37.6 Å². The summed E-state index contributed by atoms with van der Waals surface area (Å²) in [6, 6.07) is -1.08. The smallest absolute Gasteiger partial charge is 0.354 e. The maximum Gasteiger partial charge on any atom is 0.354 e. The van der Waals surface area contributed by atoms with Gasteiger partial charge in [0.05, 0.1) is 12.5 Å². The third-order valence-corrected chi connectivity index (χ3v) is 3.46. The molecule has 2 aliphatic rings. The predicted molar refractivity (Wildman–Crippen MR) is 64.9 cm³/mol. The van der Waals surface area contributed by atoms with E-state index in [0.717, 1.165) is 0 Å². The Balaban J connectivity index is 1.87. The number of carboxylic acid groups (broad SMARTS) is 2. The normalized spacial score (nSPS) is 25.6. The number of likely N-dealkylation sites (tertiary alicyclic amines) is 1. The minimum atomic E-state index is -1.15. The Morgan fingerprint density at radius 3 is 2.70 bits per heavy atom. The molecule has 0 bridgehead atoms. The summed E-state index contributed by atoms with van der Waals surface area (Å²) in [7, 11) is 0. The Hall–Kier alpha value is -2.16. The number of rotatable bonds is 5. The Morgan fingerprint density at radius 1 is 1.40 bits per heavy atom. The number of oxime groups is 1. The van der Waals surface area contributed by atoms with Crippen molar-refractivity contribution in [3.63, 3.8) is 0 Å². The molecule has 0 spiro atoms. The van der Waals surface area contributed by atoms with E-state index in [4.69, 9.17) is 20.8 Å². The lowest BCUT2D eigenvalue weighted by molar-refractivity contribution is -0.139. The van der Waals surface area contributed by atoms with Crippen molar-refractivity contribution in [2.75, 3.05) is 13.1 Å². The number of carbonyl (C=O) groups is 3. The lowest BCUT2D eigenvalue weighted by Crippen LogP contribution is -2.35. The van der Waals surface area contributed by atoms with Crippen LogP contribution in [0.2, 0.25) is 0 Å². The lowest BCUT2D eigenvalue weighted by atomic mass is 10.0. The maximum absolute atomic E-state index is 11.9. The molecule has 2 heterocycles. The molecule has 0 radical (unpaired) electrons. The van der Waals surface area contributed by atoms with Crippen LogP contribution in [0.4, 0.5) is 0 Å². The number of hydrogen-bond donors (Lipinski definition) is 3. The van der Waals surface area contributed by atoms with Crippen LogP contribution in [-0.4, -0.2) is 63.9 Å². The third kappa shape index (κ3) is 2.72. The second kappa shape index (κ2) is 5.45. The number of aliphatic carboxylic acids is 2. The largest absolute Gasteiger partial charge is 0.480 e. The van der Waals surface area contributed by atoms with Gasteiger partial charge in [-0.05, 0) is 6.42 Å². The molecule has 0 aromatic carbocycles. The molecule has 9 nitrogen and oxygen atoms in total. The van der Waals surface area contributed by atoms with E-state index in [2.05, 4.69) is 5.16 Å². The van der Waals surface area contributed by atoms with Crippen LogP contribution in [-0.2, 0) is 19.2 Å². The highest BCUT2D eigenvalue weighted by atomic mass is 16.6. The molecule has 1 amide bonds. The first kappa shape index (κ1) is 14.3. The number of nitrogens with two attached hydrogens (primary N) is 1. The molecule has 0 aromatic heterocycles. The van der Waals surface area contributed by atoms with Crippen molar-refractivity contribution in [2.45, 2.75) is 25.0 Å². The highest BCUT2D eigenvalue weighted by Crippen LogP contribution is 2.27. The second-order valence-electron chi connectivity index (χ2n) is 4.81. The molecule has 0 aliphatic carbocycles. The van der Waals surface area contributed by atoms with Crippen LogP contribution >= 0.6 is 0 Å². The Kier molecular flexibility index (Phi) is 3.89. The molecule has 4 N–H and O–H groups in total. The van der Waals surface area contributed by atoms with Gasteiger partial charge in [-0.15, -0.1) is 0 Å². The zero-order chi connectivity index (χ0) is 14.9. The van der Waals surface area contributed by atoms with Crippen molar-refractivity contribution >= 4 is 23.6 Å². The van der Waals surface area contributed by atoms with E-state index in [0.29, 0.717) is 0 Å². The molecule has 2 aliphatic heterocycles. The summed E-state index contributed by atoms with van der Waals surface area (Å²) >= 11 is 0. The maximum atomic E-state index is 11.9. The van der Waals surface area contributed by atoms with Gasteiger partial charge in [0.2, 0.25) is 5.91 Å². The topological polar surface area (TPSA) is 143 Å². The van der Waals surface area contributed by atoms with E-state index in [1.54, 1.807) is 0 Å². The predicted octanol–water partition coefficient (Wildman–Crippen LogP) is -1.52. The van der Waals surface area contributed by atoms with Gasteiger partial charge in [0.15, 0.2) is 11.8 Å². The van der Waals surface area contributed by atoms with E-state index >= 15 is 0 Å². The number of carbonyl (C=O) groups excluding carboxylic acids is 1. The minimum absolute atomic E-state index is 0.00640. The fraction of sp³-hybridized carbons (Fsp3) is 0.636. The SMILES string of the molecule is N[C@@H](CCC(=O)N1C[C@@H]2ON=C(C(=O)O)[C@@H]2C1)C(=O)O. The summed E-state index contributed by atoms with van der Waals surface area (Å²) in [6.45, 7) is 0.475. The third-order valence-electron chi connectivity index (χ3n) is 3.46. The van der Waals surface area contributed by atoms with Gasteiger partial charge in [-0.3, -0.25) is 9.59 Å². The lowest BCUT2D eigenvalue weighted by Gasteiger charge is -2.17. The van der Waals surface area contributed by atoms with E-state index in [1.807, 2.05) is 0 Å². The standard InChI is InChI=1S/C11H15N3O6/c12-6(10(16)17)1-2-8(15)14-3-5-7(4-14)20-13-9(5)11(18)19/h5-7H,1-4,12H2,(H,16,17)(H,18,19)/t5-,6+,7+/m1/s1. The van der Waals surface area contributed by atoms with Crippen molar-refractivity contribution in [2.24, 2.45) is 16.8 Å². The van der Waals surface area contributed by atoms with Crippen LogP contribution in [0, 0.1) is 5.92 Å². The first-order valence-electron chi connectivity index (χ1n) is 6.13. The van der Waals surface area contributed by atoms with Crippen molar-refractivity contribution in [1.82, 2.24) is 4.90 Å². The van der Waals surface area contributed by atoms with Crippen molar-refractivity contribution < 1.29 is 29.4 Å². The summed E-state index contributed by atoms with van der Waals surface area (Å²) in [4.78, 5) is 39.8. The van der Waals surface area contributed by atoms with Crippen LogP contribution in [0.3, 0.4) is 0 Å². The summed E-state index contributed by atoms with van der Waals surface area (Å²) in [5.41, 5.74) is 5.25. The second-order valence-corrected chi connectivity index (χ2v) is 4.81. The van der Waals surface area contributed by atoms with Crippen LogP contribution in [0.5, 0.6) is 0 Å². The van der Waals surface area contributed by atoms with Gasteiger partial charge in [-0.2, -0.15) is 0 Å². The number of carboxylic acids is 2. The number of hydrogen-bond acceptors (Lipinski definition) is 6. The molecule has 1 saturated heterocycles. The Morgan fingerprint density at radius 2 is 2.10 bits per heavy atom. The molecule has 110 valence electrons. The summed E-state index contributed by atoms with van der Waals surface area (Å²) in [6.07, 6.45) is -0.383. The van der Waals surface area contributed by atoms with Crippen LogP contribution in [0.1, 0.15) is 12.8 Å². The molecule has 9 heteroatoms. The van der Waals surface area contributed by atoms with E-state index in [9.17, 15) is 14.4 Å². The quantitative estimate of drug-likeness (QED) is 0.556. The van der Waals surface area contributed by atoms with Crippen LogP contribution < -0.4 is 5.73 Å².